The number of ether oxygens (including phenoxy) is 2. The Morgan fingerprint density at radius 1 is 1.04 bits per heavy atom. The molecule has 0 atom stereocenters. The highest BCUT2D eigenvalue weighted by atomic mass is 35.5. The Labute approximate surface area is 161 Å². The van der Waals surface area contributed by atoms with Crippen LogP contribution in [0.1, 0.15) is 22.8 Å². The van der Waals surface area contributed by atoms with E-state index < -0.39 is 6.03 Å². The molecule has 0 saturated carbocycles. The van der Waals surface area contributed by atoms with E-state index in [0.29, 0.717) is 34.5 Å². The maximum Gasteiger partial charge on any atom is 0.338 e. The molecule has 2 aromatic carbocycles. The highest BCUT2D eigenvalue weighted by Gasteiger charge is 2.07. The van der Waals surface area contributed by atoms with Crippen molar-refractivity contribution in [3.8, 4) is 5.75 Å². The van der Waals surface area contributed by atoms with Gasteiger partial charge in [-0.2, -0.15) is 0 Å². The standard InChI is InChI=1S/C18H18Cl2N2O4/c1-2-25-17(23)13-5-3-12(4-6-13)10-21-18(24)22-11-26-16-8-7-14(19)9-15(16)20/h3-9H,2,10-11H2,1H3,(H2,21,22,24). The Bertz CT molecular complexity index is 766. The van der Waals surface area contributed by atoms with Gasteiger partial charge in [0.15, 0.2) is 6.73 Å². The second kappa shape index (κ2) is 9.89. The fraction of sp³-hybridized carbons (Fsp3) is 0.222. The monoisotopic (exact) mass is 396 g/mol. The molecule has 6 nitrogen and oxygen atoms in total. The molecule has 8 heteroatoms. The summed E-state index contributed by atoms with van der Waals surface area (Å²) >= 11 is 11.8. The van der Waals surface area contributed by atoms with Crippen LogP contribution in [0.3, 0.4) is 0 Å². The van der Waals surface area contributed by atoms with Gasteiger partial charge in [0.2, 0.25) is 0 Å². The van der Waals surface area contributed by atoms with Crippen molar-refractivity contribution in [1.82, 2.24) is 10.6 Å². The van der Waals surface area contributed by atoms with E-state index in [1.54, 1.807) is 49.4 Å². The van der Waals surface area contributed by atoms with Crippen molar-refractivity contribution >= 4 is 35.2 Å². The minimum Gasteiger partial charge on any atom is -0.472 e. The summed E-state index contributed by atoms with van der Waals surface area (Å²) in [6.07, 6.45) is 0. The molecule has 0 bridgehead atoms. The van der Waals surface area contributed by atoms with Crippen LogP contribution >= 0.6 is 23.2 Å². The van der Waals surface area contributed by atoms with Crippen molar-refractivity contribution in [2.45, 2.75) is 13.5 Å². The Morgan fingerprint density at radius 3 is 2.42 bits per heavy atom. The first-order chi connectivity index (χ1) is 12.5. The zero-order valence-corrected chi connectivity index (χ0v) is 15.6. The average Bonchev–Trinajstić information content (AvgIpc) is 2.62. The molecule has 2 rings (SSSR count). The van der Waals surface area contributed by atoms with Gasteiger partial charge in [-0.05, 0) is 42.8 Å². The number of rotatable bonds is 7. The van der Waals surface area contributed by atoms with Gasteiger partial charge < -0.3 is 20.1 Å². The maximum absolute atomic E-state index is 11.8. The SMILES string of the molecule is CCOC(=O)c1ccc(CNC(=O)NCOc2ccc(Cl)cc2Cl)cc1. The molecule has 2 N–H and O–H groups in total. The summed E-state index contributed by atoms with van der Waals surface area (Å²) in [4.78, 5) is 23.3. The van der Waals surface area contributed by atoms with Crippen molar-refractivity contribution in [3.63, 3.8) is 0 Å². The lowest BCUT2D eigenvalue weighted by Crippen LogP contribution is -2.37. The van der Waals surface area contributed by atoms with Gasteiger partial charge in [0.25, 0.3) is 0 Å². The molecule has 0 aliphatic heterocycles. The molecule has 138 valence electrons. The topological polar surface area (TPSA) is 76.7 Å². The molecule has 0 aromatic heterocycles. The zero-order valence-electron chi connectivity index (χ0n) is 14.1. The third-order valence-corrected chi connectivity index (χ3v) is 3.80. The number of carbonyl (C=O) groups is 2. The quantitative estimate of drug-likeness (QED) is 0.547. The zero-order chi connectivity index (χ0) is 18.9. The van der Waals surface area contributed by atoms with E-state index in [1.165, 1.54) is 0 Å². The lowest BCUT2D eigenvalue weighted by atomic mass is 10.1. The van der Waals surface area contributed by atoms with E-state index in [2.05, 4.69) is 10.6 Å². The largest absolute Gasteiger partial charge is 0.472 e. The van der Waals surface area contributed by atoms with Crippen molar-refractivity contribution in [1.29, 1.82) is 0 Å². The number of hydrogen-bond acceptors (Lipinski definition) is 4. The smallest absolute Gasteiger partial charge is 0.338 e. The van der Waals surface area contributed by atoms with Crippen molar-refractivity contribution < 1.29 is 19.1 Å². The molecule has 0 heterocycles. The van der Waals surface area contributed by atoms with Crippen LogP contribution < -0.4 is 15.4 Å². The molecule has 2 aromatic rings. The van der Waals surface area contributed by atoms with Crippen molar-refractivity contribution in [2.75, 3.05) is 13.3 Å². The fourth-order valence-corrected chi connectivity index (χ4v) is 2.45. The van der Waals surface area contributed by atoms with Gasteiger partial charge in [-0.1, -0.05) is 35.3 Å². The highest BCUT2D eigenvalue weighted by molar-refractivity contribution is 6.35. The number of halogens is 2. The molecule has 0 aliphatic rings. The van der Waals surface area contributed by atoms with Crippen LogP contribution in [0.5, 0.6) is 5.75 Å². The Kier molecular flexibility index (Phi) is 7.56. The first-order valence-corrected chi connectivity index (χ1v) is 8.60. The minimum absolute atomic E-state index is 0.0466. The summed E-state index contributed by atoms with van der Waals surface area (Å²) in [6.45, 7) is 2.33. The van der Waals surface area contributed by atoms with Gasteiger partial charge in [-0.15, -0.1) is 0 Å². The van der Waals surface area contributed by atoms with Gasteiger partial charge >= 0.3 is 12.0 Å². The van der Waals surface area contributed by atoms with E-state index in [4.69, 9.17) is 32.7 Å². The molecule has 0 fully saturated rings. The van der Waals surface area contributed by atoms with Crippen LogP contribution in [0.4, 0.5) is 4.79 Å². The molecule has 0 saturated heterocycles. The van der Waals surface area contributed by atoms with Crippen LogP contribution in [0.2, 0.25) is 10.0 Å². The molecule has 0 unspecified atom stereocenters. The van der Waals surface area contributed by atoms with Crippen LogP contribution in [0.15, 0.2) is 42.5 Å². The number of urea groups is 1. The van der Waals surface area contributed by atoms with Gasteiger partial charge in [0.1, 0.15) is 5.75 Å². The highest BCUT2D eigenvalue weighted by Crippen LogP contribution is 2.27. The Balaban J connectivity index is 1.73. The number of carbonyl (C=O) groups excluding carboxylic acids is 2. The predicted molar refractivity (Wildman–Crippen MR) is 99.7 cm³/mol. The lowest BCUT2D eigenvalue weighted by molar-refractivity contribution is 0.0526. The third kappa shape index (κ3) is 6.13. The van der Waals surface area contributed by atoms with Crippen molar-refractivity contribution in [2.24, 2.45) is 0 Å². The van der Waals surface area contributed by atoms with Crippen LogP contribution in [0, 0.1) is 0 Å². The third-order valence-electron chi connectivity index (χ3n) is 3.27. The molecule has 0 radical (unpaired) electrons. The van der Waals surface area contributed by atoms with Gasteiger partial charge in [0, 0.05) is 11.6 Å². The summed E-state index contributed by atoms with van der Waals surface area (Å²) in [5.74, 6) is 0.0497. The van der Waals surface area contributed by atoms with E-state index in [-0.39, 0.29) is 12.7 Å². The first-order valence-electron chi connectivity index (χ1n) is 7.85. The van der Waals surface area contributed by atoms with E-state index >= 15 is 0 Å². The van der Waals surface area contributed by atoms with E-state index in [0.717, 1.165) is 5.56 Å². The molecule has 0 aliphatic carbocycles. The van der Waals surface area contributed by atoms with Crippen LogP contribution in [-0.4, -0.2) is 25.3 Å². The Hall–Kier alpha value is -2.44. The maximum atomic E-state index is 11.8. The summed E-state index contributed by atoms with van der Waals surface area (Å²) in [6, 6.07) is 11.2. The molecular formula is C18H18Cl2N2O4. The number of amides is 2. The first kappa shape index (κ1) is 19.9. The summed E-state index contributed by atoms with van der Waals surface area (Å²) in [5.41, 5.74) is 1.31. The number of benzene rings is 2. The predicted octanol–water partition coefficient (Wildman–Crippen LogP) is 4.01. The minimum atomic E-state index is -0.399. The fourth-order valence-electron chi connectivity index (χ4n) is 1.99. The molecule has 2 amide bonds. The second-order valence-corrected chi connectivity index (χ2v) is 5.98. The van der Waals surface area contributed by atoms with E-state index in [9.17, 15) is 9.59 Å². The lowest BCUT2D eigenvalue weighted by Gasteiger charge is -2.11. The average molecular weight is 397 g/mol. The normalized spacial score (nSPS) is 10.1. The van der Waals surface area contributed by atoms with Crippen LogP contribution in [-0.2, 0) is 11.3 Å². The summed E-state index contributed by atoms with van der Waals surface area (Å²) in [7, 11) is 0. The number of hydrogen-bond donors (Lipinski definition) is 2. The molecular weight excluding hydrogens is 379 g/mol. The van der Waals surface area contributed by atoms with Gasteiger partial charge in [-0.3, -0.25) is 0 Å². The van der Waals surface area contributed by atoms with Crippen LogP contribution in [0.25, 0.3) is 0 Å². The summed E-state index contributed by atoms with van der Waals surface area (Å²) in [5, 5.41) is 6.10. The molecule has 26 heavy (non-hydrogen) atoms. The van der Waals surface area contributed by atoms with E-state index in [1.807, 2.05) is 0 Å². The second-order valence-electron chi connectivity index (χ2n) is 5.14. The number of nitrogens with one attached hydrogen (secondary N) is 2. The number of esters is 1. The van der Waals surface area contributed by atoms with Crippen molar-refractivity contribution in [3.05, 3.63) is 63.6 Å². The summed E-state index contributed by atoms with van der Waals surface area (Å²) < 4.78 is 10.3. The Morgan fingerprint density at radius 2 is 1.77 bits per heavy atom. The van der Waals surface area contributed by atoms with Gasteiger partial charge in [0.05, 0.1) is 17.2 Å². The van der Waals surface area contributed by atoms with Gasteiger partial charge in [-0.25, -0.2) is 9.59 Å². The molecule has 0 spiro atoms.